The lowest BCUT2D eigenvalue weighted by atomic mass is 10.1. The maximum atomic E-state index is 12.2. The van der Waals surface area contributed by atoms with Crippen molar-refractivity contribution in [2.24, 2.45) is 7.05 Å². The molecule has 0 aliphatic heterocycles. The second kappa shape index (κ2) is 6.54. The number of nitrogens with zero attached hydrogens (tertiary/aromatic N) is 2. The number of ether oxygens (including phenoxy) is 1. The first-order chi connectivity index (χ1) is 11.6. The summed E-state index contributed by atoms with van der Waals surface area (Å²) in [6.07, 6.45) is 1.97. The molecule has 122 valence electrons. The van der Waals surface area contributed by atoms with Crippen LogP contribution in [0, 0.1) is 0 Å². The normalized spacial score (nSPS) is 10.6. The number of aromatic nitrogens is 2. The number of hydrogen-bond donors (Lipinski definition) is 1. The Labute approximate surface area is 139 Å². The van der Waals surface area contributed by atoms with Gasteiger partial charge in [0, 0.05) is 12.7 Å². The van der Waals surface area contributed by atoms with Gasteiger partial charge in [0.15, 0.2) is 0 Å². The lowest BCUT2D eigenvalue weighted by Crippen LogP contribution is -2.15. The fraction of sp³-hybridized carbons (Fsp3) is 0.167. The van der Waals surface area contributed by atoms with Gasteiger partial charge in [-0.05, 0) is 35.9 Å². The Morgan fingerprint density at radius 3 is 2.83 bits per heavy atom. The minimum atomic E-state index is -0.438. The zero-order valence-electron chi connectivity index (χ0n) is 13.4. The summed E-state index contributed by atoms with van der Waals surface area (Å²) in [6, 6.07) is 12.4. The second-order valence-corrected chi connectivity index (χ2v) is 5.48. The summed E-state index contributed by atoms with van der Waals surface area (Å²) in [7, 11) is 3.25. The molecule has 1 N–H and O–H groups in total. The number of methoxy groups -OCH3 is 1. The van der Waals surface area contributed by atoms with E-state index in [-0.39, 0.29) is 12.3 Å². The van der Waals surface area contributed by atoms with Crippen LogP contribution in [0.2, 0.25) is 0 Å². The van der Waals surface area contributed by atoms with E-state index in [2.05, 4.69) is 15.0 Å². The van der Waals surface area contributed by atoms with Gasteiger partial charge in [-0.3, -0.25) is 4.79 Å². The van der Waals surface area contributed by atoms with E-state index in [9.17, 15) is 9.59 Å². The van der Waals surface area contributed by atoms with Crippen LogP contribution >= 0.6 is 0 Å². The van der Waals surface area contributed by atoms with Crippen molar-refractivity contribution in [2.45, 2.75) is 6.42 Å². The van der Waals surface area contributed by atoms with Gasteiger partial charge in [-0.1, -0.05) is 12.1 Å². The molecule has 6 heteroatoms. The summed E-state index contributed by atoms with van der Waals surface area (Å²) in [5, 5.41) is 2.79. The van der Waals surface area contributed by atoms with Gasteiger partial charge in [0.25, 0.3) is 0 Å². The van der Waals surface area contributed by atoms with Gasteiger partial charge in [-0.25, -0.2) is 9.78 Å². The van der Waals surface area contributed by atoms with Crippen LogP contribution in [-0.2, 0) is 23.0 Å². The van der Waals surface area contributed by atoms with Crippen LogP contribution in [0.1, 0.15) is 15.9 Å². The Hall–Kier alpha value is -3.15. The standard InChI is InChI=1S/C18H17N3O3/c1-21-11-19-15-8-12(6-7-16(15)21)9-17(22)20-14-5-3-4-13(10-14)18(23)24-2/h3-8,10-11H,9H2,1-2H3,(H,20,22). The molecule has 0 atom stereocenters. The third kappa shape index (κ3) is 3.27. The van der Waals surface area contributed by atoms with Crippen LogP contribution in [0.4, 0.5) is 5.69 Å². The quantitative estimate of drug-likeness (QED) is 0.749. The van der Waals surface area contributed by atoms with Crippen molar-refractivity contribution in [1.29, 1.82) is 0 Å². The molecule has 0 saturated carbocycles. The Bertz CT molecular complexity index is 915. The average molecular weight is 323 g/mol. The largest absolute Gasteiger partial charge is 0.465 e. The van der Waals surface area contributed by atoms with Crippen molar-refractivity contribution in [3.8, 4) is 0 Å². The molecule has 0 spiro atoms. The summed E-state index contributed by atoms with van der Waals surface area (Å²) in [5.41, 5.74) is 3.70. The zero-order valence-corrected chi connectivity index (χ0v) is 13.4. The second-order valence-electron chi connectivity index (χ2n) is 5.48. The first-order valence-electron chi connectivity index (χ1n) is 7.45. The number of hydrogen-bond acceptors (Lipinski definition) is 4. The molecule has 0 bridgehead atoms. The number of anilines is 1. The summed E-state index contributed by atoms with van der Waals surface area (Å²) in [4.78, 5) is 28.0. The fourth-order valence-electron chi connectivity index (χ4n) is 2.52. The van der Waals surface area contributed by atoms with E-state index in [1.54, 1.807) is 30.6 Å². The van der Waals surface area contributed by atoms with Crippen molar-refractivity contribution in [3.63, 3.8) is 0 Å². The molecule has 0 unspecified atom stereocenters. The summed E-state index contributed by atoms with van der Waals surface area (Å²) in [5.74, 6) is -0.598. The SMILES string of the molecule is COC(=O)c1cccc(NC(=O)Cc2ccc3c(c2)ncn3C)c1. The number of nitrogens with one attached hydrogen (secondary N) is 1. The molecule has 0 radical (unpaired) electrons. The molecular weight excluding hydrogens is 306 g/mol. The van der Waals surface area contributed by atoms with Gasteiger partial charge in [0.2, 0.25) is 5.91 Å². The monoisotopic (exact) mass is 323 g/mol. The molecule has 3 aromatic rings. The van der Waals surface area contributed by atoms with Gasteiger partial charge in [0.1, 0.15) is 0 Å². The molecule has 0 saturated heterocycles. The number of amides is 1. The highest BCUT2D eigenvalue weighted by Gasteiger charge is 2.09. The van der Waals surface area contributed by atoms with E-state index >= 15 is 0 Å². The number of esters is 1. The van der Waals surface area contributed by atoms with E-state index in [4.69, 9.17) is 0 Å². The van der Waals surface area contributed by atoms with Crippen molar-refractivity contribution in [1.82, 2.24) is 9.55 Å². The topological polar surface area (TPSA) is 73.2 Å². The maximum Gasteiger partial charge on any atom is 0.337 e. The van der Waals surface area contributed by atoms with Gasteiger partial charge in [0.05, 0.1) is 36.5 Å². The van der Waals surface area contributed by atoms with Crippen LogP contribution in [0.3, 0.4) is 0 Å². The van der Waals surface area contributed by atoms with Gasteiger partial charge in [-0.15, -0.1) is 0 Å². The smallest absolute Gasteiger partial charge is 0.337 e. The van der Waals surface area contributed by atoms with Gasteiger partial charge >= 0.3 is 5.97 Å². The molecule has 0 aliphatic rings. The number of fused-ring (bicyclic) bond motifs is 1. The third-order valence-electron chi connectivity index (χ3n) is 3.72. The number of imidazole rings is 1. The minimum Gasteiger partial charge on any atom is -0.465 e. The first-order valence-corrected chi connectivity index (χ1v) is 7.45. The summed E-state index contributed by atoms with van der Waals surface area (Å²) in [6.45, 7) is 0. The number of aryl methyl sites for hydroxylation is 1. The first kappa shape index (κ1) is 15.7. The van der Waals surface area contributed by atoms with E-state index in [1.165, 1.54) is 7.11 Å². The van der Waals surface area contributed by atoms with E-state index < -0.39 is 5.97 Å². The van der Waals surface area contributed by atoms with E-state index in [0.717, 1.165) is 16.6 Å². The Morgan fingerprint density at radius 1 is 1.21 bits per heavy atom. The van der Waals surface area contributed by atoms with Crippen LogP contribution in [-0.4, -0.2) is 28.5 Å². The Balaban J connectivity index is 1.71. The summed E-state index contributed by atoms with van der Waals surface area (Å²) >= 11 is 0. The van der Waals surface area contributed by atoms with Gasteiger partial charge in [-0.2, -0.15) is 0 Å². The number of carbonyl (C=O) groups is 2. The maximum absolute atomic E-state index is 12.2. The summed E-state index contributed by atoms with van der Waals surface area (Å²) < 4.78 is 6.60. The highest BCUT2D eigenvalue weighted by atomic mass is 16.5. The highest BCUT2D eigenvalue weighted by molar-refractivity contribution is 5.95. The predicted molar refractivity (Wildman–Crippen MR) is 90.8 cm³/mol. The van der Waals surface area contributed by atoms with Crippen LogP contribution in [0.25, 0.3) is 11.0 Å². The van der Waals surface area contributed by atoms with E-state index in [0.29, 0.717) is 11.3 Å². The Morgan fingerprint density at radius 2 is 2.04 bits per heavy atom. The molecule has 3 rings (SSSR count). The Kier molecular flexibility index (Phi) is 4.29. The van der Waals surface area contributed by atoms with Crippen molar-refractivity contribution < 1.29 is 14.3 Å². The van der Waals surface area contributed by atoms with Crippen molar-refractivity contribution in [3.05, 3.63) is 59.9 Å². The fourth-order valence-corrected chi connectivity index (χ4v) is 2.52. The average Bonchev–Trinajstić information content (AvgIpc) is 2.95. The molecule has 0 fully saturated rings. The van der Waals surface area contributed by atoms with Crippen LogP contribution in [0.5, 0.6) is 0 Å². The van der Waals surface area contributed by atoms with Crippen LogP contribution < -0.4 is 5.32 Å². The number of rotatable bonds is 4. The molecular formula is C18H17N3O3. The molecule has 6 nitrogen and oxygen atoms in total. The molecule has 0 aliphatic carbocycles. The lowest BCUT2D eigenvalue weighted by Gasteiger charge is -2.07. The number of carbonyl (C=O) groups excluding carboxylic acids is 2. The lowest BCUT2D eigenvalue weighted by molar-refractivity contribution is -0.115. The van der Waals surface area contributed by atoms with Crippen molar-refractivity contribution in [2.75, 3.05) is 12.4 Å². The molecule has 1 amide bonds. The molecule has 1 aromatic heterocycles. The minimum absolute atomic E-state index is 0.160. The molecule has 2 aromatic carbocycles. The predicted octanol–water partition coefficient (Wildman–Crippen LogP) is 2.54. The zero-order chi connectivity index (χ0) is 17.1. The van der Waals surface area contributed by atoms with Crippen LogP contribution in [0.15, 0.2) is 48.8 Å². The molecule has 1 heterocycles. The molecule has 24 heavy (non-hydrogen) atoms. The number of benzene rings is 2. The third-order valence-corrected chi connectivity index (χ3v) is 3.72. The van der Waals surface area contributed by atoms with Gasteiger partial charge < -0.3 is 14.6 Å². The highest BCUT2D eigenvalue weighted by Crippen LogP contribution is 2.16. The van der Waals surface area contributed by atoms with E-state index in [1.807, 2.05) is 29.8 Å². The van der Waals surface area contributed by atoms with Crippen molar-refractivity contribution >= 4 is 28.6 Å².